The SMILES string of the molecule is CCc1c(O)c2c(=O)n(C)c(C)cc2oc1=O. The zero-order valence-electron chi connectivity index (χ0n) is 9.90. The number of hydrogen-bond acceptors (Lipinski definition) is 4. The molecule has 0 bridgehead atoms. The molecule has 17 heavy (non-hydrogen) atoms. The van der Waals surface area contributed by atoms with Gasteiger partial charge in [-0.15, -0.1) is 0 Å². The lowest BCUT2D eigenvalue weighted by Gasteiger charge is -2.08. The molecular weight excluding hydrogens is 222 g/mol. The summed E-state index contributed by atoms with van der Waals surface area (Å²) in [6.45, 7) is 3.45. The molecule has 2 aromatic heterocycles. The second-order valence-corrected chi connectivity index (χ2v) is 3.96. The van der Waals surface area contributed by atoms with Crippen LogP contribution in [0.25, 0.3) is 11.0 Å². The van der Waals surface area contributed by atoms with E-state index < -0.39 is 5.63 Å². The minimum Gasteiger partial charge on any atom is -0.506 e. The van der Waals surface area contributed by atoms with Gasteiger partial charge in [-0.1, -0.05) is 6.92 Å². The van der Waals surface area contributed by atoms with Gasteiger partial charge in [0.05, 0.1) is 5.56 Å². The van der Waals surface area contributed by atoms with Crippen LogP contribution in [0.4, 0.5) is 0 Å². The second-order valence-electron chi connectivity index (χ2n) is 3.96. The van der Waals surface area contributed by atoms with Crippen molar-refractivity contribution < 1.29 is 9.52 Å². The first-order valence-corrected chi connectivity index (χ1v) is 5.32. The molecule has 0 aliphatic carbocycles. The van der Waals surface area contributed by atoms with Gasteiger partial charge in [0.1, 0.15) is 16.7 Å². The van der Waals surface area contributed by atoms with Gasteiger partial charge in [-0.3, -0.25) is 4.79 Å². The van der Waals surface area contributed by atoms with Crippen molar-refractivity contribution in [3.63, 3.8) is 0 Å². The first kappa shape index (κ1) is 11.4. The molecule has 0 radical (unpaired) electrons. The van der Waals surface area contributed by atoms with Crippen LogP contribution in [0.2, 0.25) is 0 Å². The molecule has 2 rings (SSSR count). The minimum absolute atomic E-state index is 0.0644. The number of hydrogen-bond donors (Lipinski definition) is 1. The zero-order chi connectivity index (χ0) is 12.7. The Balaban J connectivity index is 3.10. The van der Waals surface area contributed by atoms with Gasteiger partial charge in [0.2, 0.25) is 0 Å². The van der Waals surface area contributed by atoms with Gasteiger partial charge < -0.3 is 14.1 Å². The smallest absolute Gasteiger partial charge is 0.343 e. The van der Waals surface area contributed by atoms with Gasteiger partial charge >= 0.3 is 5.63 Å². The molecule has 0 atom stereocenters. The van der Waals surface area contributed by atoms with Crippen LogP contribution in [-0.4, -0.2) is 9.67 Å². The van der Waals surface area contributed by atoms with Crippen LogP contribution in [0.3, 0.4) is 0 Å². The highest BCUT2D eigenvalue weighted by atomic mass is 16.4. The summed E-state index contributed by atoms with van der Waals surface area (Å²) < 4.78 is 6.46. The number of rotatable bonds is 1. The molecule has 5 heteroatoms. The fourth-order valence-corrected chi connectivity index (χ4v) is 1.81. The molecule has 0 aromatic carbocycles. The van der Waals surface area contributed by atoms with Crippen molar-refractivity contribution in [2.75, 3.05) is 0 Å². The van der Waals surface area contributed by atoms with Crippen molar-refractivity contribution in [1.82, 2.24) is 4.57 Å². The first-order valence-electron chi connectivity index (χ1n) is 5.32. The van der Waals surface area contributed by atoms with Gasteiger partial charge in [0.25, 0.3) is 5.56 Å². The Morgan fingerprint density at radius 3 is 2.65 bits per heavy atom. The summed E-state index contributed by atoms with van der Waals surface area (Å²) >= 11 is 0. The molecule has 90 valence electrons. The zero-order valence-corrected chi connectivity index (χ0v) is 9.90. The van der Waals surface area contributed by atoms with E-state index >= 15 is 0 Å². The van der Waals surface area contributed by atoms with Crippen LogP contribution in [0.1, 0.15) is 18.2 Å². The molecule has 0 saturated heterocycles. The first-order chi connectivity index (χ1) is 7.97. The summed E-state index contributed by atoms with van der Waals surface area (Å²) in [5.41, 5.74) is -0.0286. The predicted octanol–water partition coefficient (Wildman–Crippen LogP) is 1.07. The molecule has 0 saturated carbocycles. The van der Waals surface area contributed by atoms with Crippen LogP contribution < -0.4 is 11.2 Å². The largest absolute Gasteiger partial charge is 0.506 e. The Labute approximate surface area is 96.9 Å². The molecule has 0 spiro atoms. The van der Waals surface area contributed by atoms with Crippen molar-refractivity contribution in [3.8, 4) is 5.75 Å². The normalized spacial score (nSPS) is 11.0. The third-order valence-electron chi connectivity index (χ3n) is 2.96. The van der Waals surface area contributed by atoms with Crippen molar-refractivity contribution in [1.29, 1.82) is 0 Å². The summed E-state index contributed by atoms with van der Waals surface area (Å²) in [6.07, 6.45) is 0.321. The van der Waals surface area contributed by atoms with E-state index in [9.17, 15) is 14.7 Å². The van der Waals surface area contributed by atoms with E-state index in [0.717, 1.165) is 0 Å². The lowest BCUT2D eigenvalue weighted by molar-refractivity contribution is 0.456. The van der Waals surface area contributed by atoms with Crippen LogP contribution in [0, 0.1) is 6.92 Å². The molecule has 0 aliphatic heterocycles. The van der Waals surface area contributed by atoms with Crippen LogP contribution >= 0.6 is 0 Å². The van der Waals surface area contributed by atoms with Gasteiger partial charge in [-0.05, 0) is 13.3 Å². The van der Waals surface area contributed by atoms with Gasteiger partial charge in [-0.2, -0.15) is 0 Å². The number of nitrogens with zero attached hydrogens (tertiary/aromatic N) is 1. The molecule has 2 aromatic rings. The number of aromatic nitrogens is 1. The van der Waals surface area contributed by atoms with Gasteiger partial charge in [-0.25, -0.2) is 4.79 Å². The van der Waals surface area contributed by atoms with Crippen molar-refractivity contribution in [2.45, 2.75) is 20.3 Å². The summed E-state index contributed by atoms with van der Waals surface area (Å²) in [4.78, 5) is 23.5. The molecule has 0 unspecified atom stereocenters. The van der Waals surface area contributed by atoms with Crippen molar-refractivity contribution >= 4 is 11.0 Å². The highest BCUT2D eigenvalue weighted by molar-refractivity contribution is 5.83. The van der Waals surface area contributed by atoms with Crippen molar-refractivity contribution in [3.05, 3.63) is 38.1 Å². The molecule has 0 amide bonds. The number of fused-ring (bicyclic) bond motifs is 1. The standard InChI is InChI=1S/C12H13NO4/c1-4-7-10(14)9-8(17-12(7)16)5-6(2)13(3)11(9)15/h5,14H,4H2,1-3H3. The third-order valence-corrected chi connectivity index (χ3v) is 2.96. The van der Waals surface area contributed by atoms with Gasteiger partial charge in [0.15, 0.2) is 0 Å². The molecule has 1 N–H and O–H groups in total. The number of aryl methyl sites for hydroxylation is 1. The van der Waals surface area contributed by atoms with E-state index in [1.54, 1.807) is 27.0 Å². The Hall–Kier alpha value is -2.04. The minimum atomic E-state index is -0.592. The second kappa shape index (κ2) is 3.76. The average Bonchev–Trinajstić information content (AvgIpc) is 2.26. The summed E-state index contributed by atoms with van der Waals surface area (Å²) in [7, 11) is 1.60. The lowest BCUT2D eigenvalue weighted by Crippen LogP contribution is -2.20. The molecule has 0 aliphatic rings. The third kappa shape index (κ3) is 1.54. The maximum atomic E-state index is 12.0. The van der Waals surface area contributed by atoms with E-state index in [2.05, 4.69) is 0 Å². The average molecular weight is 235 g/mol. The fourth-order valence-electron chi connectivity index (χ4n) is 1.81. The van der Waals surface area contributed by atoms with E-state index in [4.69, 9.17) is 4.42 Å². The van der Waals surface area contributed by atoms with Gasteiger partial charge in [0, 0.05) is 18.8 Å². The molecular formula is C12H13NO4. The fraction of sp³-hybridized carbons (Fsp3) is 0.333. The summed E-state index contributed by atoms with van der Waals surface area (Å²) in [5, 5.41) is 10.0. The molecule has 0 fully saturated rings. The lowest BCUT2D eigenvalue weighted by atomic mass is 10.1. The van der Waals surface area contributed by atoms with E-state index in [-0.39, 0.29) is 27.8 Å². The van der Waals surface area contributed by atoms with E-state index in [0.29, 0.717) is 12.1 Å². The van der Waals surface area contributed by atoms with E-state index in [1.165, 1.54) is 4.57 Å². The number of aromatic hydroxyl groups is 1. The van der Waals surface area contributed by atoms with Crippen LogP contribution in [0.15, 0.2) is 20.1 Å². The highest BCUT2D eigenvalue weighted by Crippen LogP contribution is 2.23. The maximum Gasteiger partial charge on any atom is 0.343 e. The summed E-state index contributed by atoms with van der Waals surface area (Å²) in [6, 6.07) is 1.57. The maximum absolute atomic E-state index is 12.0. The quantitative estimate of drug-likeness (QED) is 0.802. The topological polar surface area (TPSA) is 72.4 Å². The molecule has 2 heterocycles. The highest BCUT2D eigenvalue weighted by Gasteiger charge is 2.16. The Morgan fingerprint density at radius 2 is 2.06 bits per heavy atom. The monoisotopic (exact) mass is 235 g/mol. The van der Waals surface area contributed by atoms with Crippen molar-refractivity contribution in [2.24, 2.45) is 7.05 Å². The number of pyridine rings is 1. The summed E-state index contributed by atoms with van der Waals surface area (Å²) in [5.74, 6) is -0.264. The predicted molar refractivity (Wildman–Crippen MR) is 63.5 cm³/mol. The Morgan fingerprint density at radius 1 is 1.41 bits per heavy atom. The molecule has 5 nitrogen and oxygen atoms in total. The van der Waals surface area contributed by atoms with Crippen LogP contribution in [-0.2, 0) is 13.5 Å². The van der Waals surface area contributed by atoms with E-state index in [1.807, 2.05) is 0 Å². The Bertz CT molecular complexity index is 709. The van der Waals surface area contributed by atoms with Crippen LogP contribution in [0.5, 0.6) is 5.75 Å². The Kier molecular flexibility index (Phi) is 2.53.